The molecule has 3 fully saturated rings. The van der Waals surface area contributed by atoms with Crippen LogP contribution in [-0.4, -0.2) is 28.4 Å². The van der Waals surface area contributed by atoms with Gasteiger partial charge in [-0.25, -0.2) is 0 Å². The number of hydrogen-bond donors (Lipinski definition) is 3. The molecule has 0 aliphatic heterocycles. The van der Waals surface area contributed by atoms with E-state index in [9.17, 15) is 9.59 Å². The number of hydrogen-bond acceptors (Lipinski definition) is 5. The van der Waals surface area contributed by atoms with Crippen LogP contribution in [0.5, 0.6) is 0 Å². The van der Waals surface area contributed by atoms with Gasteiger partial charge in [0.05, 0.1) is 27.3 Å². The quantitative estimate of drug-likeness (QED) is 0.521. The normalized spacial score (nSPS) is 23.4. The second kappa shape index (κ2) is 8.34. The Kier molecular flexibility index (Phi) is 6.01. The molecule has 172 valence electrons. The minimum Gasteiger partial charge on any atom is -0.376 e. The van der Waals surface area contributed by atoms with Crippen molar-refractivity contribution in [2.45, 2.75) is 71.5 Å². The molecule has 6 nitrogen and oxygen atoms in total. The molecular formula is C24H31ClN4O2S. The van der Waals surface area contributed by atoms with Crippen LogP contribution >= 0.6 is 22.9 Å². The maximum Gasteiger partial charge on any atom is 0.262 e. The Labute approximate surface area is 198 Å². The van der Waals surface area contributed by atoms with Gasteiger partial charge in [0.2, 0.25) is 5.91 Å². The lowest BCUT2D eigenvalue weighted by molar-refractivity contribution is -0.136. The molecule has 32 heavy (non-hydrogen) atoms. The first-order chi connectivity index (χ1) is 15.0. The fraction of sp³-hybridized carbons (Fsp3) is 0.542. The lowest BCUT2D eigenvalue weighted by Crippen LogP contribution is -2.70. The summed E-state index contributed by atoms with van der Waals surface area (Å²) in [6.07, 6.45) is 4.84. The Hall–Kier alpha value is -2.12. The molecule has 2 amide bonds. The molecule has 3 aliphatic rings. The Balaban J connectivity index is 1.42. The number of pyridine rings is 1. The van der Waals surface area contributed by atoms with Crippen molar-refractivity contribution in [3.05, 3.63) is 44.9 Å². The van der Waals surface area contributed by atoms with E-state index in [2.05, 4.69) is 20.9 Å². The molecule has 2 atom stereocenters. The van der Waals surface area contributed by atoms with Gasteiger partial charge < -0.3 is 16.0 Å². The molecule has 3 aliphatic carbocycles. The third-order valence-electron chi connectivity index (χ3n) is 6.53. The van der Waals surface area contributed by atoms with E-state index in [1.54, 1.807) is 6.20 Å². The Morgan fingerprint density at radius 2 is 1.94 bits per heavy atom. The molecule has 0 unspecified atom stereocenters. The molecule has 0 aromatic carbocycles. The maximum absolute atomic E-state index is 13.0. The predicted molar refractivity (Wildman–Crippen MR) is 129 cm³/mol. The first kappa shape index (κ1) is 23.1. The predicted octanol–water partition coefficient (Wildman–Crippen LogP) is 5.09. The minimum atomic E-state index is -0.592. The number of nitrogens with one attached hydrogen (secondary N) is 3. The number of anilines is 1. The van der Waals surface area contributed by atoms with E-state index in [0.717, 1.165) is 41.4 Å². The van der Waals surface area contributed by atoms with Crippen LogP contribution in [0.2, 0.25) is 5.02 Å². The lowest BCUT2D eigenvalue weighted by atomic mass is 9.50. The zero-order valence-corrected chi connectivity index (χ0v) is 20.8. The van der Waals surface area contributed by atoms with Crippen molar-refractivity contribution in [3.8, 4) is 0 Å². The number of carbonyl (C=O) groups is 2. The first-order valence-corrected chi connectivity index (χ1v) is 12.3. The van der Waals surface area contributed by atoms with E-state index >= 15 is 0 Å². The van der Waals surface area contributed by atoms with Crippen molar-refractivity contribution in [2.75, 3.05) is 5.32 Å². The third-order valence-corrected chi connectivity index (χ3v) is 8.01. The summed E-state index contributed by atoms with van der Waals surface area (Å²) >= 11 is 7.49. The van der Waals surface area contributed by atoms with Gasteiger partial charge in [-0.2, -0.15) is 0 Å². The number of aryl methyl sites for hydroxylation is 1. The largest absolute Gasteiger partial charge is 0.376 e. The van der Waals surface area contributed by atoms with Gasteiger partial charge in [0.15, 0.2) is 0 Å². The highest BCUT2D eigenvalue weighted by atomic mass is 35.5. The first-order valence-electron chi connectivity index (χ1n) is 11.1. The van der Waals surface area contributed by atoms with Crippen LogP contribution in [0, 0.1) is 18.3 Å². The van der Waals surface area contributed by atoms with Crippen LogP contribution in [0.3, 0.4) is 0 Å². The van der Waals surface area contributed by atoms with Gasteiger partial charge in [-0.3, -0.25) is 14.6 Å². The molecule has 2 aromatic rings. The van der Waals surface area contributed by atoms with E-state index in [-0.39, 0.29) is 23.4 Å². The summed E-state index contributed by atoms with van der Waals surface area (Å²) in [6, 6.07) is 4.99. The van der Waals surface area contributed by atoms with Crippen LogP contribution in [0.15, 0.2) is 24.4 Å². The zero-order valence-electron chi connectivity index (χ0n) is 19.2. The fourth-order valence-corrected chi connectivity index (χ4v) is 5.58. The standard InChI is InChI=1S/C24H31ClN4O2S/c1-13-17(8-16(25)12-26-13)27-14(2)18-6-7-19(32-18)21(30)28-20(23(3,4)5)22(31)29-24-9-15(10-24)11-24/h6-8,12,14-15,20,27H,9-11H2,1-5H3,(H,28,30)(H,29,31)/t14-,15?,20+,24?/m0/s1. The van der Waals surface area contributed by atoms with Crippen molar-refractivity contribution in [3.63, 3.8) is 0 Å². The summed E-state index contributed by atoms with van der Waals surface area (Å²) in [5.74, 6) is 0.478. The van der Waals surface area contributed by atoms with Crippen LogP contribution in [0.4, 0.5) is 5.69 Å². The minimum absolute atomic E-state index is 0.0134. The Bertz CT molecular complexity index is 1030. The Morgan fingerprint density at radius 1 is 1.25 bits per heavy atom. The fourth-order valence-electron chi connectivity index (χ4n) is 4.51. The molecule has 8 heteroatoms. The molecular weight excluding hydrogens is 444 g/mol. The Morgan fingerprint density at radius 3 is 2.53 bits per heavy atom. The molecule has 3 saturated carbocycles. The van der Waals surface area contributed by atoms with Crippen LogP contribution in [0.25, 0.3) is 0 Å². The molecule has 2 heterocycles. The smallest absolute Gasteiger partial charge is 0.262 e. The van der Waals surface area contributed by atoms with Crippen molar-refractivity contribution < 1.29 is 9.59 Å². The highest BCUT2D eigenvalue weighted by Gasteiger charge is 2.58. The second-order valence-electron chi connectivity index (χ2n) is 10.4. The van der Waals surface area contributed by atoms with Crippen molar-refractivity contribution >= 4 is 40.4 Å². The van der Waals surface area contributed by atoms with Gasteiger partial charge in [0.1, 0.15) is 6.04 Å². The van der Waals surface area contributed by atoms with E-state index < -0.39 is 11.5 Å². The van der Waals surface area contributed by atoms with E-state index in [1.807, 2.05) is 52.8 Å². The maximum atomic E-state index is 13.0. The van der Waals surface area contributed by atoms with Gasteiger partial charge in [-0.15, -0.1) is 11.3 Å². The van der Waals surface area contributed by atoms with Crippen molar-refractivity contribution in [2.24, 2.45) is 11.3 Å². The van der Waals surface area contributed by atoms with Crippen LogP contribution < -0.4 is 16.0 Å². The third kappa shape index (κ3) is 4.64. The average Bonchev–Trinajstić information content (AvgIpc) is 3.14. The molecule has 0 saturated heterocycles. The van der Waals surface area contributed by atoms with Crippen molar-refractivity contribution in [1.29, 1.82) is 0 Å². The van der Waals surface area contributed by atoms with Crippen LogP contribution in [0.1, 0.15) is 73.2 Å². The van der Waals surface area contributed by atoms with Gasteiger partial charge in [-0.05, 0) is 62.6 Å². The number of rotatable bonds is 7. The number of thiophene rings is 1. The lowest BCUT2D eigenvalue weighted by Gasteiger charge is -2.62. The zero-order chi connectivity index (χ0) is 23.3. The van der Waals surface area contributed by atoms with E-state index in [1.165, 1.54) is 11.3 Å². The summed E-state index contributed by atoms with van der Waals surface area (Å²) in [4.78, 5) is 31.9. The molecule has 2 aromatic heterocycles. The monoisotopic (exact) mass is 474 g/mol. The number of nitrogens with zero attached hydrogens (tertiary/aromatic N) is 1. The number of carbonyl (C=O) groups excluding carboxylic acids is 2. The molecule has 2 bridgehead atoms. The van der Waals surface area contributed by atoms with E-state index in [4.69, 9.17) is 11.6 Å². The topological polar surface area (TPSA) is 83.1 Å². The number of amides is 2. The SMILES string of the molecule is Cc1ncc(Cl)cc1N[C@@H](C)c1ccc(C(=O)N[C@H](C(=O)NC23CC(C2)C3)C(C)(C)C)s1. The summed E-state index contributed by atoms with van der Waals surface area (Å²) < 4.78 is 0. The summed E-state index contributed by atoms with van der Waals surface area (Å²) in [6.45, 7) is 9.89. The average molecular weight is 475 g/mol. The summed E-state index contributed by atoms with van der Waals surface area (Å²) in [7, 11) is 0. The molecule has 3 N–H and O–H groups in total. The number of aromatic nitrogens is 1. The highest BCUT2D eigenvalue weighted by molar-refractivity contribution is 7.14. The van der Waals surface area contributed by atoms with Gasteiger partial charge >= 0.3 is 0 Å². The molecule has 0 radical (unpaired) electrons. The number of halogens is 1. The van der Waals surface area contributed by atoms with Crippen molar-refractivity contribution in [1.82, 2.24) is 15.6 Å². The van der Waals surface area contributed by atoms with E-state index in [0.29, 0.717) is 9.90 Å². The van der Waals surface area contributed by atoms with Gasteiger partial charge in [0.25, 0.3) is 5.91 Å². The second-order valence-corrected chi connectivity index (χ2v) is 11.9. The molecule has 5 rings (SSSR count). The van der Waals surface area contributed by atoms with Crippen LogP contribution in [-0.2, 0) is 4.79 Å². The summed E-state index contributed by atoms with van der Waals surface area (Å²) in [5, 5.41) is 10.2. The van der Waals surface area contributed by atoms with Gasteiger partial charge in [-0.1, -0.05) is 32.4 Å². The summed E-state index contributed by atoms with van der Waals surface area (Å²) in [5.41, 5.74) is 1.32. The highest BCUT2D eigenvalue weighted by Crippen LogP contribution is 2.57. The molecule has 0 spiro atoms. The van der Waals surface area contributed by atoms with Gasteiger partial charge in [0, 0.05) is 16.6 Å².